The second-order valence-corrected chi connectivity index (χ2v) is 16.1. The molecular formula is C47H41BrN6O3. The number of ether oxygens (including phenoxy) is 1. The molecule has 0 spiro atoms. The smallest absolute Gasteiger partial charge is 0.410 e. The number of anilines is 4. The lowest BCUT2D eigenvalue weighted by molar-refractivity contribution is 0.0240. The van der Waals surface area contributed by atoms with Gasteiger partial charge < -0.3 is 28.8 Å². The molecule has 2 aromatic heterocycles. The monoisotopic (exact) mass is 816 g/mol. The zero-order valence-electron chi connectivity index (χ0n) is 31.9. The predicted octanol–water partition coefficient (Wildman–Crippen LogP) is 11.7. The molecule has 1 saturated heterocycles. The van der Waals surface area contributed by atoms with E-state index in [1.54, 1.807) is 4.90 Å². The van der Waals surface area contributed by atoms with Crippen LogP contribution in [0.4, 0.5) is 33.5 Å². The number of benzene rings is 6. The third kappa shape index (κ3) is 7.73. The molecule has 0 atom stereocenters. The average molecular weight is 818 g/mol. The third-order valence-electron chi connectivity index (χ3n) is 10.1. The quantitative estimate of drug-likeness (QED) is 0.168. The van der Waals surface area contributed by atoms with Crippen LogP contribution in [0.3, 0.4) is 0 Å². The summed E-state index contributed by atoms with van der Waals surface area (Å²) in [5.41, 5.74) is 6.86. The fraction of sp³-hybridized carbons (Fsp3) is 0.170. The van der Waals surface area contributed by atoms with Gasteiger partial charge in [-0.3, -0.25) is 0 Å². The zero-order valence-corrected chi connectivity index (χ0v) is 33.5. The minimum atomic E-state index is -0.525. The summed E-state index contributed by atoms with van der Waals surface area (Å²) in [6, 6.07) is 47.8. The summed E-state index contributed by atoms with van der Waals surface area (Å²) in [6.07, 6.45) is -0.280. The Kier molecular flexibility index (Phi) is 9.50. The first kappa shape index (κ1) is 36.3. The third-order valence-corrected chi connectivity index (χ3v) is 10.6. The summed E-state index contributed by atoms with van der Waals surface area (Å²) in [5, 5.41) is 3.95. The molecule has 8 aromatic rings. The van der Waals surface area contributed by atoms with E-state index in [0.717, 1.165) is 76.9 Å². The Bertz CT molecular complexity index is 2800. The lowest BCUT2D eigenvalue weighted by Gasteiger charge is -2.35. The number of rotatable bonds is 6. The number of aromatic amines is 1. The molecule has 0 unspecified atom stereocenters. The summed E-state index contributed by atoms with van der Waals surface area (Å²) in [4.78, 5) is 32.5. The highest BCUT2D eigenvalue weighted by Crippen LogP contribution is 2.36. The van der Waals surface area contributed by atoms with Crippen LogP contribution in [0, 0.1) is 0 Å². The molecular weight excluding hydrogens is 776 g/mol. The fourth-order valence-electron chi connectivity index (χ4n) is 7.24. The van der Waals surface area contributed by atoms with Crippen molar-refractivity contribution in [1.82, 2.24) is 14.9 Å². The van der Waals surface area contributed by atoms with E-state index in [1.807, 2.05) is 57.2 Å². The van der Waals surface area contributed by atoms with Crippen molar-refractivity contribution in [3.63, 3.8) is 0 Å². The average Bonchev–Trinajstić information content (AvgIpc) is 3.65. The van der Waals surface area contributed by atoms with Crippen LogP contribution in [0.25, 0.3) is 44.1 Å². The van der Waals surface area contributed by atoms with Gasteiger partial charge in [0.15, 0.2) is 0 Å². The first-order chi connectivity index (χ1) is 27.6. The van der Waals surface area contributed by atoms with Crippen LogP contribution in [-0.2, 0) is 4.74 Å². The van der Waals surface area contributed by atoms with Crippen molar-refractivity contribution in [3.8, 4) is 11.3 Å². The highest BCUT2D eigenvalue weighted by atomic mass is 79.9. The standard InChI is InChI=1S/C47H41BrN6O3/c1-47(2,3)57-46(55)53-25-23-52(24-26-53)45-50-40-22-13-33(28-42(40)51-45)43-30-41(39-27-31-9-7-8-10-32(31)29-44(39)56-43)49-35-16-20-38(21-17-35)54(36-11-5-4-6-12-36)37-18-14-34(48)15-19-37/h4-22,27-30H,23-26H2,1-3H3,(H,50,51). The molecule has 1 fully saturated rings. The van der Waals surface area contributed by atoms with Crippen molar-refractivity contribution in [2.24, 2.45) is 4.99 Å². The number of para-hydroxylation sites is 1. The molecule has 0 saturated carbocycles. The number of hydrogen-bond donors (Lipinski definition) is 1. The van der Waals surface area contributed by atoms with Crippen molar-refractivity contribution in [2.75, 3.05) is 36.0 Å². The number of carbonyl (C=O) groups is 1. The van der Waals surface area contributed by atoms with Gasteiger partial charge in [-0.15, -0.1) is 0 Å². The summed E-state index contributed by atoms with van der Waals surface area (Å²) < 4.78 is 13.3. The molecule has 10 heteroatoms. The van der Waals surface area contributed by atoms with Crippen LogP contribution >= 0.6 is 15.9 Å². The van der Waals surface area contributed by atoms with Gasteiger partial charge in [0.2, 0.25) is 5.95 Å². The van der Waals surface area contributed by atoms with Gasteiger partial charge >= 0.3 is 6.09 Å². The van der Waals surface area contributed by atoms with Crippen LogP contribution in [0.1, 0.15) is 20.8 Å². The minimum Gasteiger partial charge on any atom is -0.456 e. The second-order valence-electron chi connectivity index (χ2n) is 15.2. The van der Waals surface area contributed by atoms with E-state index >= 15 is 0 Å². The Morgan fingerprint density at radius 3 is 2.12 bits per heavy atom. The maximum absolute atomic E-state index is 12.6. The predicted molar refractivity (Wildman–Crippen MR) is 233 cm³/mol. The molecule has 57 heavy (non-hydrogen) atoms. The lowest BCUT2D eigenvalue weighted by Crippen LogP contribution is -2.50. The number of carbonyl (C=O) groups excluding carboxylic acids is 1. The summed E-state index contributed by atoms with van der Waals surface area (Å²) in [5.74, 6) is 1.47. The molecule has 6 aromatic carbocycles. The summed E-state index contributed by atoms with van der Waals surface area (Å²) in [6.45, 7) is 8.09. The van der Waals surface area contributed by atoms with E-state index in [1.165, 1.54) is 0 Å². The van der Waals surface area contributed by atoms with E-state index in [0.29, 0.717) is 31.9 Å². The van der Waals surface area contributed by atoms with E-state index < -0.39 is 5.60 Å². The zero-order chi connectivity index (χ0) is 39.1. The van der Waals surface area contributed by atoms with E-state index in [4.69, 9.17) is 19.1 Å². The van der Waals surface area contributed by atoms with Crippen LogP contribution in [0.2, 0.25) is 0 Å². The van der Waals surface area contributed by atoms with Crippen molar-refractivity contribution >= 4 is 83.5 Å². The maximum Gasteiger partial charge on any atom is 0.410 e. The first-order valence-electron chi connectivity index (χ1n) is 19.1. The van der Waals surface area contributed by atoms with Gasteiger partial charge in [0, 0.05) is 64.7 Å². The Morgan fingerprint density at radius 1 is 0.772 bits per heavy atom. The minimum absolute atomic E-state index is 0.280. The largest absolute Gasteiger partial charge is 0.456 e. The molecule has 1 N–H and O–H groups in total. The topological polar surface area (TPSA) is 90.2 Å². The molecule has 9 rings (SSSR count). The number of nitrogens with one attached hydrogen (secondary N) is 1. The van der Waals surface area contributed by atoms with Gasteiger partial charge in [-0.1, -0.05) is 58.4 Å². The van der Waals surface area contributed by atoms with Crippen molar-refractivity contribution in [3.05, 3.63) is 149 Å². The second kappa shape index (κ2) is 14.9. The molecule has 0 aliphatic carbocycles. The van der Waals surface area contributed by atoms with Gasteiger partial charge in [-0.25, -0.2) is 14.8 Å². The number of fused-ring (bicyclic) bond motifs is 3. The normalized spacial score (nSPS) is 13.8. The Morgan fingerprint density at radius 2 is 1.42 bits per heavy atom. The number of aromatic nitrogens is 2. The van der Waals surface area contributed by atoms with Gasteiger partial charge in [-0.05, 0) is 123 Å². The highest BCUT2D eigenvalue weighted by molar-refractivity contribution is 9.10. The highest BCUT2D eigenvalue weighted by Gasteiger charge is 2.27. The number of halogens is 1. The van der Waals surface area contributed by atoms with Crippen LogP contribution < -0.4 is 15.2 Å². The van der Waals surface area contributed by atoms with E-state index in [9.17, 15) is 4.79 Å². The molecule has 0 bridgehead atoms. The van der Waals surface area contributed by atoms with Gasteiger partial charge in [-0.2, -0.15) is 0 Å². The summed E-state index contributed by atoms with van der Waals surface area (Å²) in [7, 11) is 0. The molecule has 1 aliphatic rings. The molecule has 9 nitrogen and oxygen atoms in total. The number of amides is 1. The fourth-order valence-corrected chi connectivity index (χ4v) is 7.51. The molecule has 284 valence electrons. The molecule has 3 heterocycles. The number of imidazole rings is 1. The van der Waals surface area contributed by atoms with Crippen molar-refractivity contribution in [1.29, 1.82) is 0 Å². The Balaban J connectivity index is 1.06. The number of H-pyrrole nitrogens is 1. The van der Waals surface area contributed by atoms with Crippen LogP contribution in [0.5, 0.6) is 0 Å². The molecule has 1 aliphatic heterocycles. The van der Waals surface area contributed by atoms with Crippen LogP contribution in [0.15, 0.2) is 153 Å². The summed E-state index contributed by atoms with van der Waals surface area (Å²) >= 11 is 3.58. The van der Waals surface area contributed by atoms with Gasteiger partial charge in [0.05, 0.1) is 22.1 Å². The van der Waals surface area contributed by atoms with Crippen molar-refractivity contribution in [2.45, 2.75) is 26.4 Å². The van der Waals surface area contributed by atoms with E-state index in [-0.39, 0.29) is 6.09 Å². The van der Waals surface area contributed by atoms with Crippen molar-refractivity contribution < 1.29 is 13.9 Å². The van der Waals surface area contributed by atoms with Gasteiger partial charge in [0.1, 0.15) is 16.9 Å². The van der Waals surface area contributed by atoms with Crippen LogP contribution in [-0.4, -0.2) is 52.7 Å². The van der Waals surface area contributed by atoms with E-state index in [2.05, 4.69) is 134 Å². The Hall–Kier alpha value is -6.39. The first-order valence-corrected chi connectivity index (χ1v) is 19.9. The number of piperazine rings is 1. The molecule has 0 radical (unpaired) electrons. The molecule has 1 amide bonds. The lowest BCUT2D eigenvalue weighted by atomic mass is 10.1. The number of nitrogens with zero attached hydrogens (tertiary/aromatic N) is 5. The maximum atomic E-state index is 12.6. The van der Waals surface area contributed by atoms with Gasteiger partial charge in [0.25, 0.3) is 0 Å². The Labute approximate surface area is 339 Å². The number of hydrogen-bond acceptors (Lipinski definition) is 7. The SMILES string of the molecule is CC(C)(C)OC(=O)N1CCN(c2nc3ccc(-c4cc(=Nc5ccc(N(c6ccccc6)c6ccc(Br)cc6)cc5)c5cc6ccccc6cc5o4)cc3[nH]2)CC1.